The maximum absolute atomic E-state index is 12.2. The van der Waals surface area contributed by atoms with Crippen LogP contribution in [0.25, 0.3) is 0 Å². The number of rotatable bonds is 2. The van der Waals surface area contributed by atoms with Crippen LogP contribution in [0.15, 0.2) is 36.4 Å². The number of halogens is 1. The Labute approximate surface area is 126 Å². The summed E-state index contributed by atoms with van der Waals surface area (Å²) in [6, 6.07) is 9.95. The van der Waals surface area contributed by atoms with Gasteiger partial charge in [-0.25, -0.2) is 0 Å². The summed E-state index contributed by atoms with van der Waals surface area (Å²) in [5, 5.41) is 3.19. The van der Waals surface area contributed by atoms with Crippen LogP contribution in [-0.4, -0.2) is 19.1 Å². The molecule has 0 aromatic heterocycles. The smallest absolute Gasteiger partial charge is 0.255 e. The second-order valence-corrected chi connectivity index (χ2v) is 5.02. The molecule has 0 radical (unpaired) electrons. The molecule has 1 aliphatic heterocycles. The van der Waals surface area contributed by atoms with Gasteiger partial charge in [-0.15, -0.1) is 0 Å². The van der Waals surface area contributed by atoms with Gasteiger partial charge in [-0.3, -0.25) is 4.79 Å². The fraction of sp³-hybridized carbons (Fsp3) is 0.133. The molecule has 0 saturated carbocycles. The molecule has 0 atom stereocenters. The quantitative estimate of drug-likeness (QED) is 0.837. The molecule has 1 heterocycles. The van der Waals surface area contributed by atoms with Crippen molar-refractivity contribution in [2.75, 3.05) is 24.3 Å². The van der Waals surface area contributed by atoms with Crippen molar-refractivity contribution in [2.45, 2.75) is 0 Å². The second kappa shape index (κ2) is 5.54. The van der Waals surface area contributed by atoms with Gasteiger partial charge in [0.05, 0.1) is 0 Å². The lowest BCUT2D eigenvalue weighted by Gasteiger charge is -2.19. The van der Waals surface area contributed by atoms with Gasteiger partial charge >= 0.3 is 0 Å². The lowest BCUT2D eigenvalue weighted by molar-refractivity contribution is 0.102. The van der Waals surface area contributed by atoms with Crippen LogP contribution >= 0.6 is 11.6 Å². The number of hydrogen-bond acceptors (Lipinski definition) is 4. The van der Waals surface area contributed by atoms with Crippen molar-refractivity contribution in [3.8, 4) is 11.5 Å². The summed E-state index contributed by atoms with van der Waals surface area (Å²) in [5.74, 6) is 0.997. The number of nitrogen functional groups attached to an aromatic ring is 1. The van der Waals surface area contributed by atoms with E-state index in [1.165, 1.54) is 0 Å². The van der Waals surface area contributed by atoms with Crippen LogP contribution in [-0.2, 0) is 0 Å². The number of anilines is 2. The lowest BCUT2D eigenvalue weighted by Crippen LogP contribution is -2.16. The molecule has 3 N–H and O–H groups in total. The first kappa shape index (κ1) is 13.6. The number of carbonyl (C=O) groups is 1. The van der Waals surface area contributed by atoms with E-state index in [0.29, 0.717) is 46.7 Å². The maximum atomic E-state index is 12.2. The maximum Gasteiger partial charge on any atom is 0.255 e. The summed E-state index contributed by atoms with van der Waals surface area (Å²) >= 11 is 5.90. The molecule has 5 nitrogen and oxygen atoms in total. The van der Waals surface area contributed by atoms with Gasteiger partial charge in [0.1, 0.15) is 13.2 Å². The van der Waals surface area contributed by atoms with E-state index in [4.69, 9.17) is 26.8 Å². The molecule has 0 unspecified atom stereocenters. The third kappa shape index (κ3) is 3.03. The molecule has 1 amide bonds. The molecule has 0 aliphatic carbocycles. The van der Waals surface area contributed by atoms with Gasteiger partial charge in [-0.05, 0) is 30.3 Å². The molecule has 21 heavy (non-hydrogen) atoms. The van der Waals surface area contributed by atoms with E-state index in [-0.39, 0.29) is 5.91 Å². The Balaban J connectivity index is 1.81. The van der Waals surface area contributed by atoms with Crippen LogP contribution in [0.4, 0.5) is 11.4 Å². The molecule has 108 valence electrons. The molecule has 0 bridgehead atoms. The standard InChI is InChI=1S/C15H13ClN2O3/c16-10-5-9(6-11(17)7-10)15(19)18-12-1-2-13-14(8-12)21-4-3-20-13/h1-2,5-8H,3-4,17H2,(H,18,19). The highest BCUT2D eigenvalue weighted by molar-refractivity contribution is 6.31. The van der Waals surface area contributed by atoms with E-state index in [1.807, 2.05) is 0 Å². The molecular formula is C15H13ClN2O3. The Morgan fingerprint density at radius 1 is 1.10 bits per heavy atom. The van der Waals surface area contributed by atoms with Crippen molar-refractivity contribution in [3.05, 3.63) is 47.0 Å². The van der Waals surface area contributed by atoms with E-state index in [1.54, 1.807) is 36.4 Å². The van der Waals surface area contributed by atoms with Gasteiger partial charge < -0.3 is 20.5 Å². The topological polar surface area (TPSA) is 73.6 Å². The van der Waals surface area contributed by atoms with Crippen molar-refractivity contribution in [2.24, 2.45) is 0 Å². The van der Waals surface area contributed by atoms with E-state index in [0.717, 1.165) is 0 Å². The zero-order valence-electron chi connectivity index (χ0n) is 11.1. The number of amides is 1. The minimum Gasteiger partial charge on any atom is -0.486 e. The number of benzene rings is 2. The first-order valence-electron chi connectivity index (χ1n) is 6.39. The van der Waals surface area contributed by atoms with Crippen LogP contribution in [0.1, 0.15) is 10.4 Å². The van der Waals surface area contributed by atoms with Crippen LogP contribution in [0, 0.1) is 0 Å². The Kier molecular flexibility index (Phi) is 3.58. The summed E-state index contributed by atoms with van der Waals surface area (Å²) in [6.07, 6.45) is 0. The van der Waals surface area contributed by atoms with Crippen molar-refractivity contribution in [3.63, 3.8) is 0 Å². The molecule has 6 heteroatoms. The normalized spacial score (nSPS) is 12.8. The van der Waals surface area contributed by atoms with Crippen molar-refractivity contribution in [1.82, 2.24) is 0 Å². The number of hydrogen-bond donors (Lipinski definition) is 2. The van der Waals surface area contributed by atoms with Crippen LogP contribution in [0.5, 0.6) is 11.5 Å². The number of ether oxygens (including phenoxy) is 2. The summed E-state index contributed by atoms with van der Waals surface area (Å²) in [4.78, 5) is 12.2. The highest BCUT2D eigenvalue weighted by Gasteiger charge is 2.13. The van der Waals surface area contributed by atoms with Gasteiger partial charge in [0.2, 0.25) is 0 Å². The van der Waals surface area contributed by atoms with Crippen LogP contribution in [0.3, 0.4) is 0 Å². The van der Waals surface area contributed by atoms with E-state index < -0.39 is 0 Å². The van der Waals surface area contributed by atoms with Crippen molar-refractivity contribution < 1.29 is 14.3 Å². The average Bonchev–Trinajstić information content (AvgIpc) is 2.46. The highest BCUT2D eigenvalue weighted by atomic mass is 35.5. The minimum atomic E-state index is -0.291. The SMILES string of the molecule is Nc1cc(Cl)cc(C(=O)Nc2ccc3c(c2)OCCO3)c1. The van der Waals surface area contributed by atoms with Gasteiger partial charge in [0.15, 0.2) is 11.5 Å². The molecule has 0 spiro atoms. The van der Waals surface area contributed by atoms with Gasteiger partial charge in [0.25, 0.3) is 5.91 Å². The Bertz CT molecular complexity index is 683. The van der Waals surface area contributed by atoms with Crippen molar-refractivity contribution in [1.29, 1.82) is 0 Å². The summed E-state index contributed by atoms with van der Waals surface area (Å²) in [7, 11) is 0. The van der Waals surface area contributed by atoms with Gasteiger partial charge in [-0.1, -0.05) is 11.6 Å². The lowest BCUT2D eigenvalue weighted by atomic mass is 10.2. The van der Waals surface area contributed by atoms with Crippen LogP contribution in [0.2, 0.25) is 5.02 Å². The highest BCUT2D eigenvalue weighted by Crippen LogP contribution is 2.32. The molecular weight excluding hydrogens is 292 g/mol. The monoisotopic (exact) mass is 304 g/mol. The Morgan fingerprint density at radius 3 is 2.62 bits per heavy atom. The molecule has 3 rings (SSSR count). The second-order valence-electron chi connectivity index (χ2n) is 4.59. The minimum absolute atomic E-state index is 0.291. The first-order chi connectivity index (χ1) is 10.1. The predicted molar refractivity (Wildman–Crippen MR) is 81.2 cm³/mol. The fourth-order valence-electron chi connectivity index (χ4n) is 2.07. The summed E-state index contributed by atoms with van der Waals surface area (Å²) in [5.41, 5.74) is 7.13. The summed E-state index contributed by atoms with van der Waals surface area (Å²) < 4.78 is 10.9. The van der Waals surface area contributed by atoms with E-state index in [2.05, 4.69) is 5.32 Å². The zero-order valence-corrected chi connectivity index (χ0v) is 11.8. The van der Waals surface area contributed by atoms with Gasteiger partial charge in [0, 0.05) is 28.0 Å². The van der Waals surface area contributed by atoms with Crippen molar-refractivity contribution >= 4 is 28.9 Å². The first-order valence-corrected chi connectivity index (χ1v) is 6.77. The molecule has 0 fully saturated rings. The largest absolute Gasteiger partial charge is 0.486 e. The molecule has 2 aromatic carbocycles. The third-order valence-electron chi connectivity index (χ3n) is 2.98. The number of carbonyl (C=O) groups excluding carboxylic acids is 1. The number of nitrogens with two attached hydrogens (primary N) is 1. The molecule has 1 aliphatic rings. The Hall–Kier alpha value is -2.40. The molecule has 2 aromatic rings. The fourth-order valence-corrected chi connectivity index (χ4v) is 2.31. The van der Waals surface area contributed by atoms with Crippen LogP contribution < -0.4 is 20.5 Å². The molecule has 0 saturated heterocycles. The summed E-state index contributed by atoms with van der Waals surface area (Å²) in [6.45, 7) is 1.02. The van der Waals surface area contributed by atoms with E-state index >= 15 is 0 Å². The number of nitrogens with one attached hydrogen (secondary N) is 1. The van der Waals surface area contributed by atoms with E-state index in [9.17, 15) is 4.79 Å². The third-order valence-corrected chi connectivity index (χ3v) is 3.20. The Morgan fingerprint density at radius 2 is 1.86 bits per heavy atom. The number of fused-ring (bicyclic) bond motifs is 1. The van der Waals surface area contributed by atoms with Gasteiger partial charge in [-0.2, -0.15) is 0 Å². The predicted octanol–water partition coefficient (Wildman–Crippen LogP) is 2.95. The average molecular weight is 305 g/mol. The zero-order chi connectivity index (χ0) is 14.8.